The highest BCUT2D eigenvalue weighted by Crippen LogP contribution is 2.41. The Morgan fingerprint density at radius 2 is 1.58 bits per heavy atom. The van der Waals surface area contributed by atoms with Gasteiger partial charge in [-0.05, 0) is 45.4 Å². The Morgan fingerprint density at radius 1 is 0.939 bits per heavy atom. The minimum atomic E-state index is -0.638. The van der Waals surface area contributed by atoms with E-state index in [1.165, 1.54) is 12.8 Å². The van der Waals surface area contributed by atoms with Gasteiger partial charge < -0.3 is 23.8 Å². The Labute approximate surface area is 197 Å². The van der Waals surface area contributed by atoms with Crippen LogP contribution in [-0.4, -0.2) is 56.5 Å². The third-order valence-electron chi connectivity index (χ3n) is 4.97. The molecule has 0 radical (unpaired) electrons. The molecule has 1 heterocycles. The molecule has 0 bridgehead atoms. The number of rotatable bonds is 11. The van der Waals surface area contributed by atoms with E-state index in [-0.39, 0.29) is 5.69 Å². The summed E-state index contributed by atoms with van der Waals surface area (Å²) < 4.78 is 22.0. The highest BCUT2D eigenvalue weighted by Gasteiger charge is 2.23. The van der Waals surface area contributed by atoms with Crippen LogP contribution >= 0.6 is 0 Å². The van der Waals surface area contributed by atoms with Crippen molar-refractivity contribution in [3.05, 3.63) is 23.9 Å². The second-order valence-corrected chi connectivity index (χ2v) is 8.84. The summed E-state index contributed by atoms with van der Waals surface area (Å²) in [5.74, 6) is 1.44. The zero-order valence-electron chi connectivity index (χ0n) is 21.2. The lowest BCUT2D eigenvalue weighted by molar-refractivity contribution is 0.00627. The molecule has 0 aliphatic rings. The van der Waals surface area contributed by atoms with E-state index in [4.69, 9.17) is 23.9 Å². The Bertz CT molecular complexity index is 915. The summed E-state index contributed by atoms with van der Waals surface area (Å²) in [6.07, 6.45) is 4.50. The van der Waals surface area contributed by atoms with Crippen LogP contribution in [0.1, 0.15) is 63.9 Å². The number of esters is 1. The molecule has 0 saturated carbocycles. The number of aromatic nitrogens is 2. The van der Waals surface area contributed by atoms with Crippen molar-refractivity contribution in [2.45, 2.75) is 59.0 Å². The molecule has 0 unspecified atom stereocenters. The first kappa shape index (κ1) is 26.2. The van der Waals surface area contributed by atoms with Gasteiger partial charge in [-0.2, -0.15) is 0 Å². The van der Waals surface area contributed by atoms with Crippen molar-refractivity contribution in [1.29, 1.82) is 0 Å². The number of anilines is 1. The van der Waals surface area contributed by atoms with Crippen LogP contribution in [0.2, 0.25) is 0 Å². The van der Waals surface area contributed by atoms with E-state index in [0.29, 0.717) is 34.5 Å². The molecule has 0 amide bonds. The van der Waals surface area contributed by atoms with Gasteiger partial charge in [0.05, 0.1) is 27.0 Å². The fourth-order valence-electron chi connectivity index (χ4n) is 3.29. The largest absolute Gasteiger partial charge is 0.493 e. The maximum absolute atomic E-state index is 12.9. The minimum Gasteiger partial charge on any atom is -0.493 e. The van der Waals surface area contributed by atoms with Crippen LogP contribution in [0.4, 0.5) is 5.95 Å². The molecule has 2 rings (SSSR count). The molecule has 2 aromatic rings. The number of methoxy groups -OCH3 is 3. The van der Waals surface area contributed by atoms with Gasteiger partial charge in [-0.25, -0.2) is 14.8 Å². The monoisotopic (exact) mass is 459 g/mol. The molecule has 0 fully saturated rings. The molecule has 182 valence electrons. The summed E-state index contributed by atoms with van der Waals surface area (Å²) in [6.45, 7) is 8.44. The van der Waals surface area contributed by atoms with E-state index >= 15 is 0 Å². The quantitative estimate of drug-likeness (QED) is 0.337. The average Bonchev–Trinajstić information content (AvgIpc) is 2.79. The van der Waals surface area contributed by atoms with E-state index in [1.54, 1.807) is 39.5 Å². The lowest BCUT2D eigenvalue weighted by Gasteiger charge is -2.21. The van der Waals surface area contributed by atoms with Gasteiger partial charge in [-0.1, -0.05) is 26.2 Å². The molecule has 8 heteroatoms. The first-order chi connectivity index (χ1) is 15.6. The highest BCUT2D eigenvalue weighted by molar-refractivity contribution is 5.89. The first-order valence-electron chi connectivity index (χ1n) is 11.3. The van der Waals surface area contributed by atoms with Crippen molar-refractivity contribution in [3.8, 4) is 28.5 Å². The van der Waals surface area contributed by atoms with Crippen LogP contribution in [0.3, 0.4) is 0 Å². The van der Waals surface area contributed by atoms with Crippen LogP contribution in [0.25, 0.3) is 11.3 Å². The van der Waals surface area contributed by atoms with E-state index < -0.39 is 11.6 Å². The van der Waals surface area contributed by atoms with Gasteiger partial charge in [-0.15, -0.1) is 0 Å². The van der Waals surface area contributed by atoms with Crippen LogP contribution < -0.4 is 19.1 Å². The van der Waals surface area contributed by atoms with E-state index in [1.807, 2.05) is 32.7 Å². The third-order valence-corrected chi connectivity index (χ3v) is 4.97. The van der Waals surface area contributed by atoms with Crippen molar-refractivity contribution in [1.82, 2.24) is 9.97 Å². The van der Waals surface area contributed by atoms with Gasteiger partial charge in [0.1, 0.15) is 5.60 Å². The molecule has 33 heavy (non-hydrogen) atoms. The maximum atomic E-state index is 12.9. The lowest BCUT2D eigenvalue weighted by Crippen LogP contribution is -2.26. The number of ether oxygens (including phenoxy) is 4. The summed E-state index contributed by atoms with van der Waals surface area (Å²) in [5, 5.41) is 0. The van der Waals surface area contributed by atoms with Crippen molar-refractivity contribution in [2.24, 2.45) is 0 Å². The van der Waals surface area contributed by atoms with Gasteiger partial charge in [0.2, 0.25) is 11.7 Å². The van der Waals surface area contributed by atoms with Crippen LogP contribution in [0.15, 0.2) is 18.2 Å². The summed E-state index contributed by atoms with van der Waals surface area (Å²) in [6, 6.07) is 5.23. The number of hydrogen-bond donors (Lipinski definition) is 0. The molecule has 1 aromatic heterocycles. The first-order valence-corrected chi connectivity index (χ1v) is 11.3. The third kappa shape index (κ3) is 7.23. The fourth-order valence-corrected chi connectivity index (χ4v) is 3.29. The average molecular weight is 460 g/mol. The topological polar surface area (TPSA) is 83.0 Å². The Balaban J connectivity index is 2.54. The standard InChI is InChI=1S/C25H37N3O5/c1-9-10-11-12-13-28(5)24-26-18(16-19(27-24)23(29)33-25(2,3)4)17-14-20(30-6)22(32-8)21(15-17)31-7/h14-16H,9-13H2,1-8H3. The SMILES string of the molecule is CCCCCCN(C)c1nc(C(=O)OC(C)(C)C)cc(-c2cc(OC)c(OC)c(OC)c2)n1. The van der Waals surface area contributed by atoms with E-state index in [2.05, 4.69) is 11.9 Å². The van der Waals surface area contributed by atoms with Gasteiger partial charge in [0.25, 0.3) is 0 Å². The number of carbonyl (C=O) groups is 1. The Kier molecular flexibility index (Phi) is 9.32. The normalized spacial score (nSPS) is 11.2. The Hall–Kier alpha value is -3.03. The summed E-state index contributed by atoms with van der Waals surface area (Å²) in [4.78, 5) is 24.1. The molecular formula is C25H37N3O5. The zero-order chi connectivity index (χ0) is 24.6. The zero-order valence-corrected chi connectivity index (χ0v) is 21.2. The number of unbranched alkanes of at least 4 members (excludes halogenated alkanes) is 3. The molecule has 0 aliphatic heterocycles. The van der Waals surface area contributed by atoms with Gasteiger partial charge >= 0.3 is 5.97 Å². The number of benzene rings is 1. The van der Waals surface area contributed by atoms with Crippen LogP contribution in [-0.2, 0) is 4.74 Å². The van der Waals surface area contributed by atoms with Crippen molar-refractivity contribution in [3.63, 3.8) is 0 Å². The van der Waals surface area contributed by atoms with E-state index in [9.17, 15) is 4.79 Å². The number of carbonyl (C=O) groups excluding carboxylic acids is 1. The molecule has 0 N–H and O–H groups in total. The molecule has 1 aromatic carbocycles. The second-order valence-electron chi connectivity index (χ2n) is 8.84. The second kappa shape index (κ2) is 11.7. The molecular weight excluding hydrogens is 422 g/mol. The lowest BCUT2D eigenvalue weighted by atomic mass is 10.1. The highest BCUT2D eigenvalue weighted by atomic mass is 16.6. The predicted octanol–water partition coefficient (Wildman–Crippen LogP) is 5.14. The van der Waals surface area contributed by atoms with Crippen LogP contribution in [0.5, 0.6) is 17.2 Å². The van der Waals surface area contributed by atoms with Gasteiger partial charge in [0, 0.05) is 19.2 Å². The summed E-state index contributed by atoms with van der Waals surface area (Å²) >= 11 is 0. The fraction of sp³-hybridized carbons (Fsp3) is 0.560. The number of hydrogen-bond acceptors (Lipinski definition) is 8. The Morgan fingerprint density at radius 3 is 2.09 bits per heavy atom. The van der Waals surface area contributed by atoms with Crippen molar-refractivity contribution in [2.75, 3.05) is 39.8 Å². The number of nitrogens with zero attached hydrogens (tertiary/aromatic N) is 3. The van der Waals surface area contributed by atoms with Crippen molar-refractivity contribution < 1.29 is 23.7 Å². The summed E-state index contributed by atoms with van der Waals surface area (Å²) in [7, 11) is 6.60. The smallest absolute Gasteiger partial charge is 0.357 e. The van der Waals surface area contributed by atoms with Crippen molar-refractivity contribution >= 4 is 11.9 Å². The summed E-state index contributed by atoms with van der Waals surface area (Å²) in [5.41, 5.74) is 0.818. The maximum Gasteiger partial charge on any atom is 0.357 e. The van der Waals surface area contributed by atoms with Crippen LogP contribution in [0, 0.1) is 0 Å². The van der Waals surface area contributed by atoms with E-state index in [0.717, 1.165) is 19.4 Å². The molecule has 0 atom stereocenters. The molecule has 8 nitrogen and oxygen atoms in total. The van der Waals surface area contributed by atoms with Gasteiger partial charge in [0.15, 0.2) is 17.2 Å². The minimum absolute atomic E-state index is 0.194. The van der Waals surface area contributed by atoms with Gasteiger partial charge in [-0.3, -0.25) is 0 Å². The molecule has 0 saturated heterocycles. The molecule has 0 spiro atoms. The molecule has 0 aliphatic carbocycles. The predicted molar refractivity (Wildman–Crippen MR) is 130 cm³/mol.